The lowest BCUT2D eigenvalue weighted by atomic mass is 10.2. The summed E-state index contributed by atoms with van der Waals surface area (Å²) in [5, 5.41) is 7.96. The molecule has 152 valence electrons. The summed E-state index contributed by atoms with van der Waals surface area (Å²) in [5.74, 6) is 0.959. The molecule has 30 heavy (non-hydrogen) atoms. The van der Waals surface area contributed by atoms with E-state index in [1.807, 2.05) is 32.0 Å². The van der Waals surface area contributed by atoms with E-state index in [4.69, 9.17) is 0 Å². The summed E-state index contributed by atoms with van der Waals surface area (Å²) in [7, 11) is 1.77. The third-order valence-corrected chi connectivity index (χ3v) is 5.42. The molecule has 0 aliphatic rings. The molecule has 9 heteroatoms. The molecule has 1 amide bonds. The van der Waals surface area contributed by atoms with E-state index in [0.717, 1.165) is 11.3 Å². The van der Waals surface area contributed by atoms with Gasteiger partial charge < -0.3 is 5.32 Å². The smallest absolute Gasteiger partial charge is 0.267 e. The number of nitrogens with one attached hydrogen (secondary N) is 1. The van der Waals surface area contributed by atoms with Crippen LogP contribution in [0.2, 0.25) is 0 Å². The number of nitrogens with zero attached hydrogens (tertiary/aromatic N) is 5. The first-order valence-electron chi connectivity index (χ1n) is 9.30. The third-order valence-electron chi connectivity index (χ3n) is 4.48. The van der Waals surface area contributed by atoms with E-state index in [2.05, 4.69) is 20.4 Å². The zero-order chi connectivity index (χ0) is 21.3. The number of rotatable bonds is 5. The Hall–Kier alpha value is -3.46. The van der Waals surface area contributed by atoms with E-state index < -0.39 is 0 Å². The highest BCUT2D eigenvalue weighted by Crippen LogP contribution is 2.21. The molecule has 8 nitrogen and oxygen atoms in total. The minimum Gasteiger partial charge on any atom is -0.310 e. The average molecular weight is 420 g/mol. The van der Waals surface area contributed by atoms with Crippen LogP contribution in [-0.2, 0) is 11.8 Å². The molecule has 0 atom stereocenters. The van der Waals surface area contributed by atoms with Crippen LogP contribution in [-0.4, -0.2) is 36.0 Å². The lowest BCUT2D eigenvalue weighted by molar-refractivity contribution is -0.113. The van der Waals surface area contributed by atoms with E-state index in [0.29, 0.717) is 27.7 Å². The number of amides is 1. The van der Waals surface area contributed by atoms with Crippen molar-refractivity contribution in [3.8, 4) is 5.82 Å². The molecule has 0 aliphatic carbocycles. The molecule has 4 aromatic rings. The number of pyridine rings is 1. The normalized spacial score (nSPS) is 11.0. The molecule has 1 N–H and O–H groups in total. The molecule has 0 aliphatic heterocycles. The Morgan fingerprint density at radius 2 is 1.97 bits per heavy atom. The summed E-state index contributed by atoms with van der Waals surface area (Å²) in [6, 6.07) is 12.6. The predicted octanol–water partition coefficient (Wildman–Crippen LogP) is 2.86. The predicted molar refractivity (Wildman–Crippen MR) is 117 cm³/mol. The molecule has 0 saturated carbocycles. The Morgan fingerprint density at radius 1 is 1.17 bits per heavy atom. The minimum atomic E-state index is -0.219. The van der Waals surface area contributed by atoms with Gasteiger partial charge in [0, 0.05) is 19.3 Å². The van der Waals surface area contributed by atoms with Crippen LogP contribution in [0.15, 0.2) is 58.6 Å². The van der Waals surface area contributed by atoms with Gasteiger partial charge in [-0.2, -0.15) is 5.10 Å². The maximum atomic E-state index is 13.2. The Morgan fingerprint density at radius 3 is 2.70 bits per heavy atom. The second-order valence-corrected chi connectivity index (χ2v) is 7.82. The highest BCUT2D eigenvalue weighted by atomic mass is 32.2. The van der Waals surface area contributed by atoms with Crippen LogP contribution in [0, 0.1) is 13.8 Å². The van der Waals surface area contributed by atoms with Crippen molar-refractivity contribution in [2.24, 2.45) is 7.05 Å². The van der Waals surface area contributed by atoms with Gasteiger partial charge in [0.2, 0.25) is 5.91 Å². The number of hydrogen-bond donors (Lipinski definition) is 1. The topological polar surface area (TPSA) is 94.7 Å². The first-order valence-corrected chi connectivity index (χ1v) is 10.3. The fourth-order valence-corrected chi connectivity index (χ4v) is 3.89. The molecular weight excluding hydrogens is 400 g/mol. The van der Waals surface area contributed by atoms with Crippen molar-refractivity contribution >= 4 is 34.4 Å². The monoisotopic (exact) mass is 420 g/mol. The molecular formula is C21H20N6O2S. The number of hydrogen-bond acceptors (Lipinski definition) is 6. The van der Waals surface area contributed by atoms with Crippen molar-refractivity contribution in [3.63, 3.8) is 0 Å². The first kappa shape index (κ1) is 19.8. The Labute approximate surface area is 177 Å². The van der Waals surface area contributed by atoms with E-state index >= 15 is 0 Å². The van der Waals surface area contributed by atoms with Gasteiger partial charge >= 0.3 is 0 Å². The van der Waals surface area contributed by atoms with Crippen molar-refractivity contribution in [1.29, 1.82) is 0 Å². The number of benzene rings is 1. The van der Waals surface area contributed by atoms with Gasteiger partial charge in [0.05, 0.1) is 22.3 Å². The van der Waals surface area contributed by atoms with E-state index in [1.54, 1.807) is 42.2 Å². The van der Waals surface area contributed by atoms with Gasteiger partial charge in [-0.3, -0.25) is 14.3 Å². The molecule has 0 unspecified atom stereocenters. The standard InChI is InChI=1S/C21H20N6O2S/c1-13-8-9-22-17(10-13)27-20(29)15-6-4-5-7-16(15)23-21(27)30-12-19(28)24-18-11-14(2)25-26(18)3/h4-11H,12H2,1-3H3,(H,24,28). The van der Waals surface area contributed by atoms with Crippen LogP contribution in [0.4, 0.5) is 5.82 Å². The van der Waals surface area contributed by atoms with Crippen molar-refractivity contribution < 1.29 is 4.79 Å². The first-order chi connectivity index (χ1) is 14.4. The van der Waals surface area contributed by atoms with Gasteiger partial charge in [0.15, 0.2) is 5.16 Å². The van der Waals surface area contributed by atoms with Crippen LogP contribution in [0.25, 0.3) is 16.7 Å². The van der Waals surface area contributed by atoms with E-state index in [-0.39, 0.29) is 17.2 Å². The Balaban J connectivity index is 1.69. The van der Waals surface area contributed by atoms with Crippen LogP contribution in [0.3, 0.4) is 0 Å². The average Bonchev–Trinajstić information content (AvgIpc) is 3.03. The number of anilines is 1. The largest absolute Gasteiger partial charge is 0.310 e. The Kier molecular flexibility index (Phi) is 5.37. The highest BCUT2D eigenvalue weighted by molar-refractivity contribution is 7.99. The van der Waals surface area contributed by atoms with Crippen LogP contribution in [0.1, 0.15) is 11.3 Å². The summed E-state index contributed by atoms with van der Waals surface area (Å²) < 4.78 is 3.07. The van der Waals surface area contributed by atoms with Gasteiger partial charge in [-0.15, -0.1) is 0 Å². The number of para-hydroxylation sites is 1. The van der Waals surface area contributed by atoms with Crippen molar-refractivity contribution in [1.82, 2.24) is 24.3 Å². The number of carbonyl (C=O) groups is 1. The zero-order valence-electron chi connectivity index (χ0n) is 16.8. The zero-order valence-corrected chi connectivity index (χ0v) is 17.6. The summed E-state index contributed by atoms with van der Waals surface area (Å²) in [6.07, 6.45) is 1.65. The van der Waals surface area contributed by atoms with Crippen LogP contribution >= 0.6 is 11.8 Å². The van der Waals surface area contributed by atoms with Crippen molar-refractivity contribution in [2.75, 3.05) is 11.1 Å². The quantitative estimate of drug-likeness (QED) is 0.394. The molecule has 4 rings (SSSR count). The van der Waals surface area contributed by atoms with E-state index in [1.165, 1.54) is 16.3 Å². The van der Waals surface area contributed by atoms with Gasteiger partial charge in [0.25, 0.3) is 5.56 Å². The SMILES string of the molecule is Cc1ccnc(-n2c(SCC(=O)Nc3cc(C)nn3C)nc3ccccc3c2=O)c1. The highest BCUT2D eigenvalue weighted by Gasteiger charge is 2.16. The molecule has 0 bridgehead atoms. The third kappa shape index (κ3) is 3.97. The summed E-state index contributed by atoms with van der Waals surface area (Å²) in [4.78, 5) is 34.7. The summed E-state index contributed by atoms with van der Waals surface area (Å²) in [6.45, 7) is 3.79. The molecule has 0 spiro atoms. The maximum absolute atomic E-state index is 13.2. The van der Waals surface area contributed by atoms with Gasteiger partial charge in [-0.05, 0) is 43.7 Å². The van der Waals surface area contributed by atoms with Gasteiger partial charge in [-0.25, -0.2) is 14.5 Å². The second kappa shape index (κ2) is 8.11. The maximum Gasteiger partial charge on any atom is 0.267 e. The minimum absolute atomic E-state index is 0.0842. The molecule has 0 saturated heterocycles. The molecule has 1 aromatic carbocycles. The molecule has 3 heterocycles. The van der Waals surface area contributed by atoms with E-state index in [9.17, 15) is 9.59 Å². The molecule has 0 radical (unpaired) electrons. The second-order valence-electron chi connectivity index (χ2n) is 6.87. The van der Waals surface area contributed by atoms with Crippen molar-refractivity contribution in [3.05, 3.63) is 70.3 Å². The fourth-order valence-electron chi connectivity index (χ4n) is 3.09. The number of carbonyl (C=O) groups excluding carboxylic acids is 1. The fraction of sp³-hybridized carbons (Fsp3) is 0.190. The molecule has 3 aromatic heterocycles. The van der Waals surface area contributed by atoms with Crippen LogP contribution < -0.4 is 10.9 Å². The lowest BCUT2D eigenvalue weighted by Gasteiger charge is -2.13. The van der Waals surface area contributed by atoms with Crippen molar-refractivity contribution in [2.45, 2.75) is 19.0 Å². The van der Waals surface area contributed by atoms with Gasteiger partial charge in [0.1, 0.15) is 11.6 Å². The molecule has 0 fully saturated rings. The number of aromatic nitrogens is 5. The summed E-state index contributed by atoms with van der Waals surface area (Å²) >= 11 is 1.19. The van der Waals surface area contributed by atoms with Crippen LogP contribution in [0.5, 0.6) is 0 Å². The number of aryl methyl sites for hydroxylation is 3. The number of fused-ring (bicyclic) bond motifs is 1. The summed E-state index contributed by atoms with van der Waals surface area (Å²) in [5.41, 5.74) is 2.15. The lowest BCUT2D eigenvalue weighted by Crippen LogP contribution is -2.24. The van der Waals surface area contributed by atoms with Gasteiger partial charge in [-0.1, -0.05) is 23.9 Å². The number of thioether (sulfide) groups is 1. The Bertz CT molecular complexity index is 1310.